The molecule has 1 saturated heterocycles. The second kappa shape index (κ2) is 10.4. The molecule has 0 aromatic rings. The number of nitrogens with zero attached hydrogens (tertiary/aromatic N) is 1. The van der Waals surface area contributed by atoms with Crippen LogP contribution in [0.3, 0.4) is 0 Å². The summed E-state index contributed by atoms with van der Waals surface area (Å²) in [5.74, 6) is 0.647. The van der Waals surface area contributed by atoms with Crippen LogP contribution in [0.25, 0.3) is 0 Å². The van der Waals surface area contributed by atoms with Crippen LogP contribution < -0.4 is 16.1 Å². The first-order valence-corrected chi connectivity index (χ1v) is 10.5. The highest BCUT2D eigenvalue weighted by Gasteiger charge is 2.41. The Morgan fingerprint density at radius 2 is 2.24 bits per heavy atom. The summed E-state index contributed by atoms with van der Waals surface area (Å²) in [6, 6.07) is 0.185. The number of aliphatic hydroxyl groups excluding tert-OH is 1. The van der Waals surface area contributed by atoms with Gasteiger partial charge in [-0.15, -0.1) is 0 Å². The summed E-state index contributed by atoms with van der Waals surface area (Å²) >= 11 is 0. The van der Waals surface area contributed by atoms with Gasteiger partial charge in [0, 0.05) is 37.8 Å². The SMILES string of the molecule is COC1=CC([C@@H](C)N(C(=O)[C@H]2CNC[C@@H](CO)O2)C2CC2)=CC(CCCNO)N1. The number of dihydropyridines is 1. The number of aliphatic hydroxyl groups is 1. The van der Waals surface area contributed by atoms with E-state index in [1.54, 1.807) is 7.11 Å². The first-order chi connectivity index (χ1) is 14.1. The lowest BCUT2D eigenvalue weighted by Gasteiger charge is -2.37. The van der Waals surface area contributed by atoms with Crippen LogP contribution >= 0.6 is 0 Å². The Morgan fingerprint density at radius 1 is 1.45 bits per heavy atom. The van der Waals surface area contributed by atoms with Crippen molar-refractivity contribution in [1.82, 2.24) is 21.0 Å². The minimum Gasteiger partial charge on any atom is -0.482 e. The Balaban J connectivity index is 1.74. The summed E-state index contributed by atoms with van der Waals surface area (Å²) in [6.07, 6.45) is 6.79. The van der Waals surface area contributed by atoms with E-state index in [4.69, 9.17) is 14.7 Å². The van der Waals surface area contributed by atoms with Crippen molar-refractivity contribution in [2.75, 3.05) is 33.4 Å². The predicted octanol–water partition coefficient (Wildman–Crippen LogP) is -0.140. The third-order valence-electron chi connectivity index (χ3n) is 5.67. The smallest absolute Gasteiger partial charge is 0.253 e. The largest absolute Gasteiger partial charge is 0.482 e. The number of morpholine rings is 1. The van der Waals surface area contributed by atoms with Crippen molar-refractivity contribution in [2.45, 2.75) is 62.9 Å². The number of rotatable bonds is 10. The molecular formula is C20H34N4O5. The minimum atomic E-state index is -0.580. The highest BCUT2D eigenvalue weighted by atomic mass is 16.5. The first kappa shape index (κ1) is 22.0. The van der Waals surface area contributed by atoms with Gasteiger partial charge in [-0.3, -0.25) is 4.79 Å². The highest BCUT2D eigenvalue weighted by Crippen LogP contribution is 2.33. The van der Waals surface area contributed by atoms with E-state index in [1.165, 1.54) is 0 Å². The van der Waals surface area contributed by atoms with Crippen molar-refractivity contribution in [3.05, 3.63) is 23.6 Å². The molecule has 1 amide bonds. The van der Waals surface area contributed by atoms with E-state index in [0.29, 0.717) is 25.5 Å². The van der Waals surface area contributed by atoms with Crippen LogP contribution in [0.4, 0.5) is 0 Å². The lowest BCUT2D eigenvalue weighted by molar-refractivity contribution is -0.154. The molecule has 3 aliphatic rings. The van der Waals surface area contributed by atoms with Crippen molar-refractivity contribution in [3.8, 4) is 0 Å². The zero-order valence-corrected chi connectivity index (χ0v) is 17.3. The Labute approximate surface area is 172 Å². The van der Waals surface area contributed by atoms with Gasteiger partial charge in [0.2, 0.25) is 0 Å². The zero-order chi connectivity index (χ0) is 20.8. The molecule has 4 atom stereocenters. The second-order valence-corrected chi connectivity index (χ2v) is 7.92. The average molecular weight is 411 g/mol. The Morgan fingerprint density at radius 3 is 2.90 bits per heavy atom. The van der Waals surface area contributed by atoms with E-state index in [9.17, 15) is 9.90 Å². The number of methoxy groups -OCH3 is 1. The molecular weight excluding hydrogens is 376 g/mol. The van der Waals surface area contributed by atoms with Crippen LogP contribution in [0.2, 0.25) is 0 Å². The summed E-state index contributed by atoms with van der Waals surface area (Å²) in [6.45, 7) is 3.48. The number of ether oxygens (including phenoxy) is 2. The van der Waals surface area contributed by atoms with Crippen LogP contribution in [-0.2, 0) is 14.3 Å². The van der Waals surface area contributed by atoms with Gasteiger partial charge in [-0.1, -0.05) is 6.08 Å². The maximum Gasteiger partial charge on any atom is 0.253 e. The fourth-order valence-electron chi connectivity index (χ4n) is 3.96. The van der Waals surface area contributed by atoms with E-state index < -0.39 is 6.10 Å². The van der Waals surface area contributed by atoms with Crippen LogP contribution in [0.15, 0.2) is 23.6 Å². The van der Waals surface area contributed by atoms with Gasteiger partial charge in [0.15, 0.2) is 5.88 Å². The molecule has 0 aromatic heterocycles. The molecule has 9 nitrogen and oxygen atoms in total. The number of carbonyl (C=O) groups excluding carboxylic acids is 1. The predicted molar refractivity (Wildman–Crippen MR) is 107 cm³/mol. The topological polar surface area (TPSA) is 115 Å². The fraction of sp³-hybridized carbons (Fsp3) is 0.750. The number of carbonyl (C=O) groups is 1. The maximum absolute atomic E-state index is 13.3. The lowest BCUT2D eigenvalue weighted by atomic mass is 9.98. The normalized spacial score (nSPS) is 28.1. The summed E-state index contributed by atoms with van der Waals surface area (Å²) in [5.41, 5.74) is 3.22. The minimum absolute atomic E-state index is 0.0292. The highest BCUT2D eigenvalue weighted by molar-refractivity contribution is 5.82. The summed E-state index contributed by atoms with van der Waals surface area (Å²) in [5, 5.41) is 24.7. The van der Waals surface area contributed by atoms with Crippen molar-refractivity contribution in [3.63, 3.8) is 0 Å². The molecule has 164 valence electrons. The van der Waals surface area contributed by atoms with Gasteiger partial charge >= 0.3 is 0 Å². The maximum atomic E-state index is 13.3. The average Bonchev–Trinajstić information content (AvgIpc) is 3.58. The fourth-order valence-corrected chi connectivity index (χ4v) is 3.96. The Bertz CT molecular complexity index is 622. The van der Waals surface area contributed by atoms with Gasteiger partial charge in [-0.25, -0.2) is 5.48 Å². The molecule has 2 aliphatic heterocycles. The summed E-state index contributed by atoms with van der Waals surface area (Å²) in [7, 11) is 1.62. The molecule has 5 N–H and O–H groups in total. The monoisotopic (exact) mass is 410 g/mol. The molecule has 3 rings (SSSR count). The summed E-state index contributed by atoms with van der Waals surface area (Å²) in [4.78, 5) is 15.3. The molecule has 29 heavy (non-hydrogen) atoms. The molecule has 0 aromatic carbocycles. The molecule has 1 unspecified atom stereocenters. The van der Waals surface area contributed by atoms with Gasteiger partial charge < -0.3 is 35.3 Å². The number of hydrogen-bond donors (Lipinski definition) is 5. The molecule has 9 heteroatoms. The zero-order valence-electron chi connectivity index (χ0n) is 17.3. The Hall–Kier alpha value is -1.65. The van der Waals surface area contributed by atoms with Crippen LogP contribution in [0, 0.1) is 0 Å². The number of nitrogens with one attached hydrogen (secondary N) is 3. The van der Waals surface area contributed by atoms with Gasteiger partial charge in [0.1, 0.15) is 6.10 Å². The molecule has 1 saturated carbocycles. The second-order valence-electron chi connectivity index (χ2n) is 7.92. The molecule has 0 bridgehead atoms. The summed E-state index contributed by atoms with van der Waals surface area (Å²) < 4.78 is 11.3. The van der Waals surface area contributed by atoms with Gasteiger partial charge in [-0.05, 0) is 38.2 Å². The van der Waals surface area contributed by atoms with Gasteiger partial charge in [-0.2, -0.15) is 0 Å². The lowest BCUT2D eigenvalue weighted by Crippen LogP contribution is -2.56. The number of hydroxylamine groups is 1. The van der Waals surface area contributed by atoms with Gasteiger partial charge in [0.25, 0.3) is 5.91 Å². The molecule has 2 fully saturated rings. The Kier molecular flexibility index (Phi) is 7.91. The molecule has 1 aliphatic carbocycles. The van der Waals surface area contributed by atoms with Crippen LogP contribution in [0.1, 0.15) is 32.6 Å². The van der Waals surface area contributed by atoms with E-state index in [-0.39, 0.29) is 36.7 Å². The first-order valence-electron chi connectivity index (χ1n) is 10.5. The quantitative estimate of drug-likeness (QED) is 0.250. The van der Waals surface area contributed by atoms with Crippen LogP contribution in [-0.4, -0.2) is 84.8 Å². The third-order valence-corrected chi connectivity index (χ3v) is 5.67. The third kappa shape index (κ3) is 5.70. The van der Waals surface area contributed by atoms with Crippen LogP contribution in [0.5, 0.6) is 0 Å². The van der Waals surface area contributed by atoms with E-state index in [1.807, 2.05) is 17.9 Å². The van der Waals surface area contributed by atoms with Crippen molar-refractivity contribution in [1.29, 1.82) is 0 Å². The van der Waals surface area contributed by atoms with E-state index in [0.717, 1.165) is 31.3 Å². The number of hydrogen-bond acceptors (Lipinski definition) is 8. The van der Waals surface area contributed by atoms with Gasteiger partial charge in [0.05, 0.1) is 25.9 Å². The van der Waals surface area contributed by atoms with Crippen molar-refractivity contribution >= 4 is 5.91 Å². The number of amides is 1. The molecule has 0 spiro atoms. The van der Waals surface area contributed by atoms with Crippen molar-refractivity contribution in [2.24, 2.45) is 0 Å². The van der Waals surface area contributed by atoms with E-state index >= 15 is 0 Å². The molecule has 0 radical (unpaired) electrons. The standard InChI is InChI=1S/C20H34N4O5/c1-13(14-8-15(4-3-7-22-27)23-19(9-14)28-2)24(16-5-6-16)20(26)18-11-21-10-17(12-25)29-18/h8-9,13,15-18,21-23,25,27H,3-7,10-12H2,1-2H3/t13-,15?,17+,18-/m1/s1. The van der Waals surface area contributed by atoms with Crippen molar-refractivity contribution < 1.29 is 24.6 Å². The van der Waals surface area contributed by atoms with E-state index in [2.05, 4.69) is 22.2 Å². The molecule has 2 heterocycles.